The van der Waals surface area contributed by atoms with Gasteiger partial charge in [-0.1, -0.05) is 30.3 Å². The van der Waals surface area contributed by atoms with Crippen molar-refractivity contribution in [1.82, 2.24) is 9.21 Å². The molecule has 1 fully saturated rings. The van der Waals surface area contributed by atoms with Crippen molar-refractivity contribution < 1.29 is 18.0 Å². The number of nitrogens with zero attached hydrogens (tertiary/aromatic N) is 2. The number of amides is 2. The van der Waals surface area contributed by atoms with Crippen LogP contribution in [0.5, 0.6) is 0 Å². The van der Waals surface area contributed by atoms with E-state index in [1.807, 2.05) is 30.3 Å². The molecule has 0 bridgehead atoms. The van der Waals surface area contributed by atoms with Crippen LogP contribution in [-0.2, 0) is 26.2 Å². The Labute approximate surface area is 165 Å². The lowest BCUT2D eigenvalue weighted by Crippen LogP contribution is -2.28. The molecule has 1 N–H and O–H groups in total. The van der Waals surface area contributed by atoms with Gasteiger partial charge < -0.3 is 10.2 Å². The molecule has 1 aliphatic rings. The summed E-state index contributed by atoms with van der Waals surface area (Å²) in [5, 5.41) is 2.77. The van der Waals surface area contributed by atoms with Crippen LogP contribution in [0.15, 0.2) is 59.5 Å². The first-order chi connectivity index (χ1) is 13.3. The average molecular weight is 401 g/mol. The number of hydrogen-bond acceptors (Lipinski definition) is 4. The molecule has 1 atom stereocenters. The van der Waals surface area contributed by atoms with Gasteiger partial charge in [0.05, 0.1) is 10.8 Å². The Balaban J connectivity index is 1.61. The summed E-state index contributed by atoms with van der Waals surface area (Å²) < 4.78 is 25.3. The van der Waals surface area contributed by atoms with E-state index in [4.69, 9.17) is 0 Å². The lowest BCUT2D eigenvalue weighted by molar-refractivity contribution is -0.128. The standard InChI is InChI=1S/C20H23N3O4S/c1-22(2)28(26,27)18-10-8-17(9-11-18)21-20(25)16-12-19(24)23(14-16)13-15-6-4-3-5-7-15/h3-11,16H,12-14H2,1-2H3,(H,21,25)/t16-/m1/s1. The Kier molecular flexibility index (Phi) is 5.81. The van der Waals surface area contributed by atoms with Crippen molar-refractivity contribution in [2.75, 3.05) is 26.0 Å². The van der Waals surface area contributed by atoms with Gasteiger partial charge >= 0.3 is 0 Å². The van der Waals surface area contributed by atoms with Crippen LogP contribution in [0, 0.1) is 5.92 Å². The molecule has 0 unspecified atom stereocenters. The molecule has 28 heavy (non-hydrogen) atoms. The van der Waals surface area contributed by atoms with Gasteiger partial charge in [0.25, 0.3) is 0 Å². The third-order valence-corrected chi connectivity index (χ3v) is 6.53. The molecule has 0 aromatic heterocycles. The minimum Gasteiger partial charge on any atom is -0.338 e. The predicted octanol–water partition coefficient (Wildman–Crippen LogP) is 1.92. The fraction of sp³-hybridized carbons (Fsp3) is 0.300. The van der Waals surface area contributed by atoms with Gasteiger partial charge in [-0.3, -0.25) is 9.59 Å². The van der Waals surface area contributed by atoms with Crippen molar-refractivity contribution in [1.29, 1.82) is 0 Å². The largest absolute Gasteiger partial charge is 0.338 e. The zero-order valence-corrected chi connectivity index (χ0v) is 16.6. The lowest BCUT2D eigenvalue weighted by atomic mass is 10.1. The van der Waals surface area contributed by atoms with Crippen LogP contribution in [0.25, 0.3) is 0 Å². The monoisotopic (exact) mass is 401 g/mol. The Bertz CT molecular complexity index is 957. The Morgan fingerprint density at radius 1 is 1.11 bits per heavy atom. The first-order valence-corrected chi connectivity index (χ1v) is 10.4. The van der Waals surface area contributed by atoms with E-state index in [-0.39, 0.29) is 23.1 Å². The quantitative estimate of drug-likeness (QED) is 0.801. The molecule has 2 aromatic rings. The van der Waals surface area contributed by atoms with Crippen molar-refractivity contribution in [3.8, 4) is 0 Å². The SMILES string of the molecule is CN(C)S(=O)(=O)c1ccc(NC(=O)[C@@H]2CC(=O)N(Cc3ccccc3)C2)cc1. The van der Waals surface area contributed by atoms with Crippen LogP contribution in [0.4, 0.5) is 5.69 Å². The minimum atomic E-state index is -3.51. The van der Waals surface area contributed by atoms with Crippen LogP contribution in [0.3, 0.4) is 0 Å². The maximum Gasteiger partial charge on any atom is 0.242 e. The molecule has 1 heterocycles. The topological polar surface area (TPSA) is 86.8 Å². The normalized spacial score (nSPS) is 17.2. The van der Waals surface area contributed by atoms with Crippen LogP contribution in [-0.4, -0.2) is 50.1 Å². The van der Waals surface area contributed by atoms with E-state index in [1.54, 1.807) is 17.0 Å². The van der Waals surface area contributed by atoms with Gasteiger partial charge in [0.2, 0.25) is 21.8 Å². The number of hydrogen-bond donors (Lipinski definition) is 1. The minimum absolute atomic E-state index is 0.0450. The van der Waals surface area contributed by atoms with E-state index in [0.717, 1.165) is 9.87 Å². The molecule has 7 nitrogen and oxygen atoms in total. The van der Waals surface area contributed by atoms with Gasteiger partial charge in [-0.15, -0.1) is 0 Å². The summed E-state index contributed by atoms with van der Waals surface area (Å²) in [5.41, 5.74) is 1.52. The van der Waals surface area contributed by atoms with Gasteiger partial charge in [0.1, 0.15) is 0 Å². The van der Waals surface area contributed by atoms with E-state index >= 15 is 0 Å². The number of benzene rings is 2. The van der Waals surface area contributed by atoms with Crippen molar-refractivity contribution >= 4 is 27.5 Å². The maximum atomic E-state index is 12.5. The molecule has 1 saturated heterocycles. The second kappa shape index (κ2) is 8.12. The number of sulfonamides is 1. The number of likely N-dealkylation sites (tertiary alicyclic amines) is 1. The van der Waals surface area contributed by atoms with E-state index < -0.39 is 15.9 Å². The van der Waals surface area contributed by atoms with E-state index in [0.29, 0.717) is 18.8 Å². The number of anilines is 1. The second-order valence-electron chi connectivity index (χ2n) is 6.96. The van der Waals surface area contributed by atoms with Crippen LogP contribution in [0.1, 0.15) is 12.0 Å². The van der Waals surface area contributed by atoms with Gasteiger partial charge in [-0.25, -0.2) is 12.7 Å². The molecule has 1 aliphatic heterocycles. The molecule has 0 saturated carbocycles. The lowest BCUT2D eigenvalue weighted by Gasteiger charge is -2.17. The highest BCUT2D eigenvalue weighted by atomic mass is 32.2. The zero-order chi connectivity index (χ0) is 20.3. The number of carbonyl (C=O) groups excluding carboxylic acids is 2. The summed E-state index contributed by atoms with van der Waals surface area (Å²) in [5.74, 6) is -0.718. The Hall–Kier alpha value is -2.71. The fourth-order valence-corrected chi connectivity index (χ4v) is 3.97. The first-order valence-electron chi connectivity index (χ1n) is 8.92. The smallest absolute Gasteiger partial charge is 0.242 e. The fourth-order valence-electron chi connectivity index (χ4n) is 3.07. The van der Waals surface area contributed by atoms with Gasteiger partial charge in [-0.05, 0) is 29.8 Å². The molecule has 0 aliphatic carbocycles. The van der Waals surface area contributed by atoms with E-state index in [1.165, 1.54) is 26.2 Å². The van der Waals surface area contributed by atoms with Crippen molar-refractivity contribution in [2.45, 2.75) is 17.9 Å². The summed E-state index contributed by atoms with van der Waals surface area (Å²) in [6.07, 6.45) is 0.172. The number of rotatable bonds is 6. The van der Waals surface area contributed by atoms with Gasteiger partial charge in [0, 0.05) is 39.3 Å². The molecule has 2 aromatic carbocycles. The Morgan fingerprint density at radius 3 is 2.36 bits per heavy atom. The molecule has 0 radical (unpaired) electrons. The van der Waals surface area contributed by atoms with Crippen molar-refractivity contribution in [3.63, 3.8) is 0 Å². The molecular weight excluding hydrogens is 378 g/mol. The summed E-state index contributed by atoms with van der Waals surface area (Å²) >= 11 is 0. The first kappa shape index (κ1) is 20.0. The van der Waals surface area contributed by atoms with Crippen molar-refractivity contribution in [3.05, 3.63) is 60.2 Å². The third-order valence-electron chi connectivity index (χ3n) is 4.70. The van der Waals surface area contributed by atoms with Gasteiger partial charge in [0.15, 0.2) is 0 Å². The maximum absolute atomic E-state index is 12.5. The van der Waals surface area contributed by atoms with Crippen LogP contribution < -0.4 is 5.32 Å². The summed E-state index contributed by atoms with van der Waals surface area (Å²) in [4.78, 5) is 26.6. The summed E-state index contributed by atoms with van der Waals surface area (Å²) in [7, 11) is -0.590. The molecule has 8 heteroatoms. The average Bonchev–Trinajstić information content (AvgIpc) is 3.03. The molecular formula is C20H23N3O4S. The number of carbonyl (C=O) groups is 2. The van der Waals surface area contributed by atoms with Crippen molar-refractivity contribution in [2.24, 2.45) is 5.92 Å². The zero-order valence-electron chi connectivity index (χ0n) is 15.8. The predicted molar refractivity (Wildman–Crippen MR) is 106 cm³/mol. The number of nitrogens with one attached hydrogen (secondary N) is 1. The highest BCUT2D eigenvalue weighted by Gasteiger charge is 2.34. The van der Waals surface area contributed by atoms with Crippen LogP contribution >= 0.6 is 0 Å². The highest BCUT2D eigenvalue weighted by molar-refractivity contribution is 7.89. The van der Waals surface area contributed by atoms with Gasteiger partial charge in [-0.2, -0.15) is 0 Å². The second-order valence-corrected chi connectivity index (χ2v) is 9.11. The summed E-state index contributed by atoms with van der Waals surface area (Å²) in [6, 6.07) is 15.6. The van der Waals surface area contributed by atoms with E-state index in [2.05, 4.69) is 5.32 Å². The van der Waals surface area contributed by atoms with Crippen LogP contribution in [0.2, 0.25) is 0 Å². The van der Waals surface area contributed by atoms with E-state index in [9.17, 15) is 18.0 Å². The molecule has 3 rings (SSSR count). The Morgan fingerprint density at radius 2 is 1.75 bits per heavy atom. The summed E-state index contributed by atoms with van der Waals surface area (Å²) in [6.45, 7) is 0.854. The molecule has 148 valence electrons. The highest BCUT2D eigenvalue weighted by Crippen LogP contribution is 2.23. The molecule has 2 amide bonds. The molecule has 0 spiro atoms. The third kappa shape index (κ3) is 4.40.